The maximum atomic E-state index is 6.22. The van der Waals surface area contributed by atoms with Crippen LogP contribution in [0, 0.1) is 0 Å². The Bertz CT molecular complexity index is 750. The molecule has 3 aromatic rings. The van der Waals surface area contributed by atoms with Gasteiger partial charge in [-0.2, -0.15) is 0 Å². The molecule has 100 valence electrons. The van der Waals surface area contributed by atoms with Crippen LogP contribution in [0.1, 0.15) is 5.56 Å². The maximum absolute atomic E-state index is 6.22. The lowest BCUT2D eigenvalue weighted by atomic mass is 10.0. The van der Waals surface area contributed by atoms with E-state index in [-0.39, 0.29) is 0 Å². The summed E-state index contributed by atoms with van der Waals surface area (Å²) in [5.41, 5.74) is 2.21. The van der Waals surface area contributed by atoms with Crippen LogP contribution in [0.2, 0.25) is 5.02 Å². The third kappa shape index (κ3) is 2.82. The molecule has 0 atom stereocenters. The molecule has 0 amide bonds. The Hall–Kier alpha value is -1.51. The molecule has 0 heterocycles. The molecule has 0 unspecified atom stereocenters. The van der Waals surface area contributed by atoms with E-state index in [1.54, 1.807) is 0 Å². The van der Waals surface area contributed by atoms with E-state index in [2.05, 4.69) is 63.7 Å². The van der Waals surface area contributed by atoms with Gasteiger partial charge in [0, 0.05) is 11.0 Å². The van der Waals surface area contributed by atoms with Crippen molar-refractivity contribution in [2.45, 2.75) is 6.54 Å². The zero-order valence-electron chi connectivity index (χ0n) is 10.7. The fourth-order valence-electron chi connectivity index (χ4n) is 2.27. The molecule has 1 nitrogen and oxygen atoms in total. The van der Waals surface area contributed by atoms with Gasteiger partial charge in [-0.25, -0.2) is 0 Å². The van der Waals surface area contributed by atoms with E-state index < -0.39 is 0 Å². The van der Waals surface area contributed by atoms with Crippen molar-refractivity contribution in [3.63, 3.8) is 0 Å². The van der Waals surface area contributed by atoms with E-state index in [0.717, 1.165) is 21.7 Å². The number of hydrogen-bond donors (Lipinski definition) is 1. The SMILES string of the molecule is Clc1cc(Br)ccc1NCc1cccc2ccccc12. The number of hydrogen-bond acceptors (Lipinski definition) is 1. The lowest BCUT2D eigenvalue weighted by Gasteiger charge is -2.11. The van der Waals surface area contributed by atoms with Crippen molar-refractivity contribution < 1.29 is 0 Å². The Kier molecular flexibility index (Phi) is 3.95. The van der Waals surface area contributed by atoms with Crippen LogP contribution in [0.15, 0.2) is 65.1 Å². The van der Waals surface area contributed by atoms with Crippen molar-refractivity contribution in [3.05, 3.63) is 75.7 Å². The minimum atomic E-state index is 0.722. The molecule has 0 radical (unpaired) electrons. The third-order valence-electron chi connectivity index (χ3n) is 3.28. The third-order valence-corrected chi connectivity index (χ3v) is 4.09. The molecule has 0 aliphatic carbocycles. The molecular weight excluding hydrogens is 334 g/mol. The van der Waals surface area contributed by atoms with Gasteiger partial charge < -0.3 is 5.32 Å². The van der Waals surface area contributed by atoms with Crippen LogP contribution in [0.5, 0.6) is 0 Å². The van der Waals surface area contributed by atoms with Crippen LogP contribution in [-0.4, -0.2) is 0 Å². The Labute approximate surface area is 131 Å². The van der Waals surface area contributed by atoms with Crippen LogP contribution >= 0.6 is 27.5 Å². The summed E-state index contributed by atoms with van der Waals surface area (Å²) in [5, 5.41) is 6.65. The van der Waals surface area contributed by atoms with Crippen LogP contribution in [0.25, 0.3) is 10.8 Å². The summed E-state index contributed by atoms with van der Waals surface area (Å²) in [6.45, 7) is 0.753. The summed E-state index contributed by atoms with van der Waals surface area (Å²) in [6.07, 6.45) is 0. The molecule has 0 bridgehead atoms. The second kappa shape index (κ2) is 5.86. The molecule has 3 aromatic carbocycles. The number of benzene rings is 3. The van der Waals surface area contributed by atoms with Crippen LogP contribution < -0.4 is 5.32 Å². The van der Waals surface area contributed by atoms with E-state index in [0.29, 0.717) is 0 Å². The van der Waals surface area contributed by atoms with E-state index in [1.165, 1.54) is 16.3 Å². The summed E-state index contributed by atoms with van der Waals surface area (Å²) in [4.78, 5) is 0. The summed E-state index contributed by atoms with van der Waals surface area (Å²) in [5.74, 6) is 0. The van der Waals surface area contributed by atoms with Crippen molar-refractivity contribution in [2.75, 3.05) is 5.32 Å². The van der Waals surface area contributed by atoms with Crippen LogP contribution in [-0.2, 0) is 6.54 Å². The number of nitrogens with one attached hydrogen (secondary N) is 1. The predicted molar refractivity (Wildman–Crippen MR) is 90.4 cm³/mol. The monoisotopic (exact) mass is 345 g/mol. The quantitative estimate of drug-likeness (QED) is 0.625. The second-order valence-electron chi connectivity index (χ2n) is 4.62. The average molecular weight is 347 g/mol. The number of halogens is 2. The molecule has 0 fully saturated rings. The largest absolute Gasteiger partial charge is 0.380 e. The van der Waals surface area contributed by atoms with Gasteiger partial charge in [0.05, 0.1) is 10.7 Å². The highest BCUT2D eigenvalue weighted by molar-refractivity contribution is 9.10. The number of fused-ring (bicyclic) bond motifs is 1. The van der Waals surface area contributed by atoms with Crippen molar-refractivity contribution in [3.8, 4) is 0 Å². The van der Waals surface area contributed by atoms with Crippen molar-refractivity contribution >= 4 is 44.0 Å². The standard InChI is InChI=1S/C17H13BrClN/c18-14-8-9-17(16(19)10-14)20-11-13-6-3-5-12-4-1-2-7-15(12)13/h1-10,20H,11H2. The van der Waals surface area contributed by atoms with Gasteiger partial charge in [-0.3, -0.25) is 0 Å². The molecule has 0 saturated heterocycles. The van der Waals surface area contributed by atoms with Crippen molar-refractivity contribution in [1.29, 1.82) is 0 Å². The first kappa shape index (κ1) is 13.5. The van der Waals surface area contributed by atoms with Gasteiger partial charge in [-0.05, 0) is 34.5 Å². The average Bonchev–Trinajstić information content (AvgIpc) is 2.46. The molecule has 3 heteroatoms. The van der Waals surface area contributed by atoms with Gasteiger partial charge in [-0.1, -0.05) is 70.0 Å². The Morgan fingerprint density at radius 3 is 2.60 bits per heavy atom. The van der Waals surface area contributed by atoms with Gasteiger partial charge >= 0.3 is 0 Å². The zero-order chi connectivity index (χ0) is 13.9. The lowest BCUT2D eigenvalue weighted by molar-refractivity contribution is 1.17. The van der Waals surface area contributed by atoms with E-state index in [9.17, 15) is 0 Å². The highest BCUT2D eigenvalue weighted by atomic mass is 79.9. The maximum Gasteiger partial charge on any atom is 0.0648 e. The smallest absolute Gasteiger partial charge is 0.0648 e. The molecule has 0 aliphatic rings. The molecular formula is C17H13BrClN. The molecule has 0 spiro atoms. The minimum Gasteiger partial charge on any atom is -0.380 e. The predicted octanol–water partition coefficient (Wildman–Crippen LogP) is 5.87. The van der Waals surface area contributed by atoms with E-state index in [1.807, 2.05) is 18.2 Å². The highest BCUT2D eigenvalue weighted by Gasteiger charge is 2.03. The fourth-order valence-corrected chi connectivity index (χ4v) is 3.01. The topological polar surface area (TPSA) is 12.0 Å². The molecule has 0 saturated carbocycles. The van der Waals surface area contributed by atoms with E-state index >= 15 is 0 Å². The lowest BCUT2D eigenvalue weighted by Crippen LogP contribution is -2.00. The molecule has 0 aromatic heterocycles. The van der Waals surface area contributed by atoms with Gasteiger partial charge in [0.25, 0.3) is 0 Å². The summed E-state index contributed by atoms with van der Waals surface area (Å²) < 4.78 is 0.984. The second-order valence-corrected chi connectivity index (χ2v) is 5.94. The number of anilines is 1. The van der Waals surface area contributed by atoms with Crippen LogP contribution in [0.3, 0.4) is 0 Å². The number of rotatable bonds is 3. The Balaban J connectivity index is 1.87. The van der Waals surface area contributed by atoms with E-state index in [4.69, 9.17) is 11.6 Å². The van der Waals surface area contributed by atoms with Gasteiger partial charge in [0.2, 0.25) is 0 Å². The van der Waals surface area contributed by atoms with Gasteiger partial charge in [0.1, 0.15) is 0 Å². The molecule has 3 rings (SSSR count). The molecule has 20 heavy (non-hydrogen) atoms. The van der Waals surface area contributed by atoms with Crippen LogP contribution in [0.4, 0.5) is 5.69 Å². The Morgan fingerprint density at radius 2 is 1.75 bits per heavy atom. The summed E-state index contributed by atoms with van der Waals surface area (Å²) >= 11 is 9.63. The fraction of sp³-hybridized carbons (Fsp3) is 0.0588. The zero-order valence-corrected chi connectivity index (χ0v) is 13.1. The first-order chi connectivity index (χ1) is 9.74. The summed E-state index contributed by atoms with van der Waals surface area (Å²) in [6, 6.07) is 20.6. The van der Waals surface area contributed by atoms with Crippen molar-refractivity contribution in [1.82, 2.24) is 0 Å². The Morgan fingerprint density at radius 1 is 0.950 bits per heavy atom. The first-order valence-electron chi connectivity index (χ1n) is 6.39. The summed E-state index contributed by atoms with van der Waals surface area (Å²) in [7, 11) is 0. The van der Waals surface area contributed by atoms with Crippen molar-refractivity contribution in [2.24, 2.45) is 0 Å². The van der Waals surface area contributed by atoms with Gasteiger partial charge in [-0.15, -0.1) is 0 Å². The van der Waals surface area contributed by atoms with Gasteiger partial charge in [0.15, 0.2) is 0 Å². The normalized spacial score (nSPS) is 10.7. The highest BCUT2D eigenvalue weighted by Crippen LogP contribution is 2.27. The first-order valence-corrected chi connectivity index (χ1v) is 7.57. The minimum absolute atomic E-state index is 0.722. The molecule has 0 aliphatic heterocycles. The molecule has 1 N–H and O–H groups in total.